The molecule has 4 rings (SSSR count). The van der Waals surface area contributed by atoms with Crippen molar-refractivity contribution in [1.82, 2.24) is 10.6 Å². The molecule has 0 radical (unpaired) electrons. The van der Waals surface area contributed by atoms with Crippen LogP contribution < -0.4 is 10.6 Å². The third-order valence-corrected chi connectivity index (χ3v) is 5.80. The lowest BCUT2D eigenvalue weighted by Crippen LogP contribution is -2.47. The molecule has 0 aliphatic heterocycles. The van der Waals surface area contributed by atoms with Crippen LogP contribution in [0.3, 0.4) is 0 Å². The summed E-state index contributed by atoms with van der Waals surface area (Å²) in [6, 6.07) is 0.224. The van der Waals surface area contributed by atoms with Crippen LogP contribution in [0.1, 0.15) is 52.4 Å². The molecule has 0 aromatic rings. The molecule has 0 heterocycles. The second kappa shape index (κ2) is 6.03. The lowest BCUT2D eigenvalue weighted by molar-refractivity contribution is -0.127. The van der Waals surface area contributed by atoms with Crippen LogP contribution in [0.15, 0.2) is 0 Å². The predicted molar refractivity (Wildman–Crippen MR) is 78.6 cm³/mol. The van der Waals surface area contributed by atoms with Crippen LogP contribution in [-0.2, 0) is 4.79 Å². The van der Waals surface area contributed by atoms with Crippen LogP contribution in [0, 0.1) is 34.6 Å². The molecule has 4 saturated carbocycles. The summed E-state index contributed by atoms with van der Waals surface area (Å²) >= 11 is 0. The van der Waals surface area contributed by atoms with E-state index in [0.29, 0.717) is 0 Å². The highest BCUT2D eigenvalue weighted by Gasteiger charge is 2.49. The molecular formula is C16H27N3O. The van der Waals surface area contributed by atoms with Crippen LogP contribution in [0.4, 0.5) is 0 Å². The van der Waals surface area contributed by atoms with Gasteiger partial charge in [0.25, 0.3) is 0 Å². The maximum atomic E-state index is 10.9. The second-order valence-electron chi connectivity index (χ2n) is 7.12. The van der Waals surface area contributed by atoms with E-state index < -0.39 is 0 Å². The first-order valence-corrected chi connectivity index (χ1v) is 7.85. The topological polar surface area (TPSA) is 64.9 Å². The Kier molecular flexibility index (Phi) is 4.57. The Morgan fingerprint density at radius 1 is 1.20 bits per heavy atom. The first-order valence-electron chi connectivity index (χ1n) is 7.85. The van der Waals surface area contributed by atoms with Crippen LogP contribution in [0.5, 0.6) is 0 Å². The lowest BCUT2D eigenvalue weighted by atomic mass is 9.49. The molecule has 2 bridgehead atoms. The number of carbonyl (C=O) groups excluding carboxylic acids is 1. The summed E-state index contributed by atoms with van der Waals surface area (Å²) in [5, 5.41) is 13.4. The van der Waals surface area contributed by atoms with Crippen molar-refractivity contribution in [3.63, 3.8) is 0 Å². The van der Waals surface area contributed by atoms with E-state index in [1.165, 1.54) is 19.3 Å². The Morgan fingerprint density at radius 3 is 2.15 bits per heavy atom. The summed E-state index contributed by atoms with van der Waals surface area (Å²) in [6.45, 7) is 4.90. The zero-order valence-corrected chi connectivity index (χ0v) is 12.9. The summed E-state index contributed by atoms with van der Waals surface area (Å²) in [4.78, 5) is 10.9. The Labute approximate surface area is 122 Å². The minimum absolute atomic E-state index is 0.0842. The van der Waals surface area contributed by atoms with Crippen molar-refractivity contribution < 1.29 is 4.79 Å². The number of nitrogens with zero attached hydrogens (tertiary/aromatic N) is 1. The number of rotatable bonds is 2. The standard InChI is InChI=1S/C9H16.C7H11N3O/c1-9(2)7-4-3-5-8(9)6-7;1-9-7(11)5-2-6(3-5)10-4-8/h7-8H,3-6H2,1-2H3;5-6,10H,2-3H2,1H3,(H,9,11)/t7-,8?;/m1./s1. The lowest BCUT2D eigenvalue weighted by Gasteiger charge is -2.56. The largest absolute Gasteiger partial charge is 0.359 e. The number of carbonyl (C=O) groups is 1. The van der Waals surface area contributed by atoms with Crippen LogP contribution in [-0.4, -0.2) is 19.0 Å². The first kappa shape index (κ1) is 15.2. The van der Waals surface area contributed by atoms with Crippen molar-refractivity contribution in [2.45, 2.75) is 58.4 Å². The van der Waals surface area contributed by atoms with Crippen molar-refractivity contribution in [3.8, 4) is 6.19 Å². The molecule has 1 unspecified atom stereocenters. The summed E-state index contributed by atoms with van der Waals surface area (Å²) in [6.07, 6.45) is 9.53. The molecule has 4 aliphatic carbocycles. The number of hydrogen-bond acceptors (Lipinski definition) is 3. The number of amides is 1. The highest BCUT2D eigenvalue weighted by molar-refractivity contribution is 5.79. The van der Waals surface area contributed by atoms with Crippen LogP contribution in [0.2, 0.25) is 0 Å². The number of nitrogens with one attached hydrogen (secondary N) is 2. The molecule has 4 heteroatoms. The van der Waals surface area contributed by atoms with Gasteiger partial charge in [-0.05, 0) is 49.4 Å². The van der Waals surface area contributed by atoms with Crippen molar-refractivity contribution in [1.29, 1.82) is 5.26 Å². The summed E-state index contributed by atoms with van der Waals surface area (Å²) in [5.41, 5.74) is 0.734. The Balaban J connectivity index is 0.000000149. The van der Waals surface area contributed by atoms with Crippen molar-refractivity contribution in [2.24, 2.45) is 23.2 Å². The third-order valence-electron chi connectivity index (χ3n) is 5.80. The Bertz CT molecular complexity index is 377. The van der Waals surface area contributed by atoms with Gasteiger partial charge in [0, 0.05) is 19.0 Å². The molecule has 112 valence electrons. The number of nitriles is 1. The molecular weight excluding hydrogens is 250 g/mol. The van der Waals surface area contributed by atoms with Gasteiger partial charge in [-0.25, -0.2) is 0 Å². The second-order valence-corrected chi connectivity index (χ2v) is 7.12. The average Bonchev–Trinajstić information content (AvgIpc) is 2.43. The van der Waals surface area contributed by atoms with Gasteiger partial charge in [0.15, 0.2) is 6.19 Å². The van der Waals surface area contributed by atoms with Gasteiger partial charge in [0.1, 0.15) is 0 Å². The van der Waals surface area contributed by atoms with E-state index in [1.54, 1.807) is 13.5 Å². The predicted octanol–water partition coefficient (Wildman–Crippen LogP) is 2.41. The van der Waals surface area contributed by atoms with E-state index in [1.807, 2.05) is 6.19 Å². The third kappa shape index (κ3) is 2.92. The molecule has 4 fully saturated rings. The zero-order valence-electron chi connectivity index (χ0n) is 12.9. The maximum Gasteiger partial charge on any atom is 0.223 e. The Hall–Kier alpha value is -1.24. The SMILES string of the molecule is CC1(C)C2CCC[C@@H]1C2.CNC(=O)C1CC(NC#N)C1. The molecule has 0 aromatic heterocycles. The van der Waals surface area contributed by atoms with E-state index in [-0.39, 0.29) is 17.9 Å². The van der Waals surface area contributed by atoms with Gasteiger partial charge in [-0.15, -0.1) is 0 Å². The summed E-state index contributed by atoms with van der Waals surface area (Å²) in [5.74, 6) is 2.39. The van der Waals surface area contributed by atoms with Gasteiger partial charge in [-0.3, -0.25) is 4.79 Å². The normalized spacial score (nSPS) is 36.1. The monoisotopic (exact) mass is 277 g/mol. The molecule has 1 amide bonds. The van der Waals surface area contributed by atoms with Gasteiger partial charge < -0.3 is 10.6 Å². The van der Waals surface area contributed by atoms with E-state index in [9.17, 15) is 4.79 Å². The number of fused-ring (bicyclic) bond motifs is 2. The molecule has 0 spiro atoms. The van der Waals surface area contributed by atoms with Gasteiger partial charge in [-0.1, -0.05) is 20.3 Å². The first-order chi connectivity index (χ1) is 9.48. The van der Waals surface area contributed by atoms with Crippen molar-refractivity contribution in [3.05, 3.63) is 0 Å². The number of hydrogen-bond donors (Lipinski definition) is 2. The van der Waals surface area contributed by atoms with Crippen LogP contribution >= 0.6 is 0 Å². The smallest absolute Gasteiger partial charge is 0.223 e. The van der Waals surface area contributed by atoms with Gasteiger partial charge >= 0.3 is 0 Å². The summed E-state index contributed by atoms with van der Waals surface area (Å²) in [7, 11) is 1.63. The fraction of sp³-hybridized carbons (Fsp3) is 0.875. The maximum absolute atomic E-state index is 10.9. The molecule has 0 saturated heterocycles. The van der Waals surface area contributed by atoms with Gasteiger partial charge in [0.2, 0.25) is 5.91 Å². The van der Waals surface area contributed by atoms with E-state index in [2.05, 4.69) is 24.5 Å². The van der Waals surface area contributed by atoms with Crippen molar-refractivity contribution >= 4 is 5.91 Å². The minimum atomic E-state index is 0.0842. The summed E-state index contributed by atoms with van der Waals surface area (Å²) < 4.78 is 0. The highest BCUT2D eigenvalue weighted by atomic mass is 16.1. The minimum Gasteiger partial charge on any atom is -0.359 e. The molecule has 4 nitrogen and oxygen atoms in total. The van der Waals surface area contributed by atoms with Crippen LogP contribution in [0.25, 0.3) is 0 Å². The van der Waals surface area contributed by atoms with Gasteiger partial charge in [0.05, 0.1) is 0 Å². The molecule has 20 heavy (non-hydrogen) atoms. The fourth-order valence-electron chi connectivity index (χ4n) is 3.96. The molecule has 0 aromatic carbocycles. The average molecular weight is 277 g/mol. The Morgan fingerprint density at radius 2 is 1.80 bits per heavy atom. The molecule has 2 N–H and O–H groups in total. The van der Waals surface area contributed by atoms with Gasteiger partial charge in [-0.2, -0.15) is 5.26 Å². The van der Waals surface area contributed by atoms with E-state index >= 15 is 0 Å². The van der Waals surface area contributed by atoms with Crippen molar-refractivity contribution in [2.75, 3.05) is 7.05 Å². The highest BCUT2D eigenvalue weighted by Crippen LogP contribution is 2.58. The fourth-order valence-corrected chi connectivity index (χ4v) is 3.96. The molecule has 4 aliphatic rings. The zero-order chi connectivity index (χ0) is 14.8. The molecule has 2 atom stereocenters. The quantitative estimate of drug-likeness (QED) is 0.602. The van der Waals surface area contributed by atoms with E-state index in [4.69, 9.17) is 5.26 Å². The van der Waals surface area contributed by atoms with E-state index in [0.717, 1.165) is 30.1 Å².